The lowest BCUT2D eigenvalue weighted by Gasteiger charge is -2.18. The van der Waals surface area contributed by atoms with Crippen LogP contribution in [0, 0.1) is 13.8 Å². The molecule has 0 saturated carbocycles. The first-order chi connectivity index (χ1) is 12.5. The van der Waals surface area contributed by atoms with Gasteiger partial charge in [-0.05, 0) is 43.2 Å². The van der Waals surface area contributed by atoms with Crippen LogP contribution in [0.1, 0.15) is 22.3 Å². The third kappa shape index (κ3) is 3.35. The maximum atomic E-state index is 13.1. The first-order valence-electron chi connectivity index (χ1n) is 7.75. The molecule has 0 aliphatic carbocycles. The highest BCUT2D eigenvalue weighted by Crippen LogP contribution is 2.40. The van der Waals surface area contributed by atoms with Gasteiger partial charge in [-0.25, -0.2) is 4.90 Å². The molecule has 2 aromatic carbocycles. The van der Waals surface area contributed by atoms with Crippen molar-refractivity contribution in [2.75, 3.05) is 4.90 Å². The zero-order valence-corrected chi connectivity index (χ0v) is 15.6. The number of imide groups is 1. The summed E-state index contributed by atoms with van der Waals surface area (Å²) in [5, 5.41) is -0.866. The van der Waals surface area contributed by atoms with Crippen LogP contribution in [-0.4, -0.2) is 11.8 Å². The van der Waals surface area contributed by atoms with E-state index in [4.69, 9.17) is 23.2 Å². The Morgan fingerprint density at radius 1 is 0.926 bits per heavy atom. The zero-order valence-electron chi connectivity index (χ0n) is 14.1. The van der Waals surface area contributed by atoms with Gasteiger partial charge in [0.05, 0.1) is 21.8 Å². The Labute approximate surface area is 163 Å². The van der Waals surface area contributed by atoms with Gasteiger partial charge in [-0.2, -0.15) is 13.2 Å². The molecule has 0 bridgehead atoms. The second-order valence-corrected chi connectivity index (χ2v) is 6.90. The molecule has 27 heavy (non-hydrogen) atoms. The topological polar surface area (TPSA) is 37.4 Å². The summed E-state index contributed by atoms with van der Waals surface area (Å²) < 4.78 is 39.3. The molecule has 0 spiro atoms. The molecule has 2 aromatic rings. The number of benzene rings is 2. The molecular weight excluding hydrogens is 402 g/mol. The van der Waals surface area contributed by atoms with E-state index < -0.39 is 28.6 Å². The number of hydrogen-bond donors (Lipinski definition) is 0. The Morgan fingerprint density at radius 3 is 2.19 bits per heavy atom. The molecule has 0 fully saturated rings. The highest BCUT2D eigenvalue weighted by atomic mass is 35.5. The van der Waals surface area contributed by atoms with Crippen LogP contribution >= 0.6 is 23.2 Å². The van der Waals surface area contributed by atoms with Gasteiger partial charge in [-0.15, -0.1) is 0 Å². The van der Waals surface area contributed by atoms with Gasteiger partial charge in [0.25, 0.3) is 11.8 Å². The monoisotopic (exact) mass is 413 g/mol. The van der Waals surface area contributed by atoms with Crippen LogP contribution in [0.25, 0.3) is 5.57 Å². The smallest absolute Gasteiger partial charge is 0.268 e. The van der Waals surface area contributed by atoms with Crippen LogP contribution in [0.2, 0.25) is 5.02 Å². The molecule has 3 nitrogen and oxygen atoms in total. The first-order valence-corrected chi connectivity index (χ1v) is 8.51. The number of carbonyl (C=O) groups is 2. The average molecular weight is 414 g/mol. The van der Waals surface area contributed by atoms with Crippen LogP contribution in [0.5, 0.6) is 0 Å². The van der Waals surface area contributed by atoms with E-state index in [2.05, 4.69) is 0 Å². The van der Waals surface area contributed by atoms with Gasteiger partial charge in [-0.1, -0.05) is 47.0 Å². The normalized spacial score (nSPS) is 15.1. The van der Waals surface area contributed by atoms with Crippen LogP contribution in [0.15, 0.2) is 41.4 Å². The molecule has 0 aromatic heterocycles. The number of hydrogen-bond acceptors (Lipinski definition) is 2. The Hall–Kier alpha value is -2.31. The Bertz CT molecular complexity index is 1010. The number of rotatable bonds is 2. The van der Waals surface area contributed by atoms with Gasteiger partial charge in [0.2, 0.25) is 0 Å². The van der Waals surface area contributed by atoms with Gasteiger partial charge < -0.3 is 0 Å². The van der Waals surface area contributed by atoms with Crippen LogP contribution < -0.4 is 4.90 Å². The number of anilines is 1. The van der Waals surface area contributed by atoms with Crippen LogP contribution in [0.4, 0.5) is 18.9 Å². The summed E-state index contributed by atoms with van der Waals surface area (Å²) in [4.78, 5) is 26.0. The number of amides is 2. The highest BCUT2D eigenvalue weighted by Gasteiger charge is 2.41. The maximum Gasteiger partial charge on any atom is 0.417 e. The van der Waals surface area contributed by atoms with E-state index in [9.17, 15) is 22.8 Å². The largest absolute Gasteiger partial charge is 0.417 e. The second-order valence-electron chi connectivity index (χ2n) is 6.11. The van der Waals surface area contributed by atoms with Crippen molar-refractivity contribution in [3.05, 3.63) is 68.7 Å². The highest BCUT2D eigenvalue weighted by molar-refractivity contribution is 6.60. The summed E-state index contributed by atoms with van der Waals surface area (Å²) in [7, 11) is 0. The van der Waals surface area contributed by atoms with E-state index in [1.54, 1.807) is 19.1 Å². The van der Waals surface area contributed by atoms with Crippen molar-refractivity contribution in [2.45, 2.75) is 20.0 Å². The molecule has 0 saturated heterocycles. The molecule has 0 unspecified atom stereocenters. The number of halogens is 5. The first kappa shape index (κ1) is 19.5. The summed E-state index contributed by atoms with van der Waals surface area (Å²) >= 11 is 11.7. The fourth-order valence-corrected chi connectivity index (χ4v) is 3.43. The van der Waals surface area contributed by atoms with E-state index in [-0.39, 0.29) is 16.3 Å². The van der Waals surface area contributed by atoms with Crippen molar-refractivity contribution in [1.29, 1.82) is 0 Å². The van der Waals surface area contributed by atoms with Crippen LogP contribution in [-0.2, 0) is 15.8 Å². The SMILES string of the molecule is Cc1ccc(C2=C(Cl)C(=O)N(c3ccc(Cl)c(C(F)(F)F)c3)C2=O)c(C)c1. The molecule has 8 heteroatoms. The lowest BCUT2D eigenvalue weighted by atomic mass is 9.99. The lowest BCUT2D eigenvalue weighted by Crippen LogP contribution is -2.31. The Kier molecular flexibility index (Phi) is 4.82. The molecule has 140 valence electrons. The molecular formula is C19H12Cl2F3NO2. The molecule has 1 aliphatic rings. The quantitative estimate of drug-likeness (QED) is 0.609. The average Bonchev–Trinajstić information content (AvgIpc) is 2.78. The van der Waals surface area contributed by atoms with Crippen molar-refractivity contribution in [3.63, 3.8) is 0 Å². The minimum atomic E-state index is -4.73. The van der Waals surface area contributed by atoms with Gasteiger partial charge in [0, 0.05) is 0 Å². The van der Waals surface area contributed by atoms with E-state index >= 15 is 0 Å². The molecule has 0 radical (unpaired) electrons. The molecule has 2 amide bonds. The number of aryl methyl sites for hydroxylation is 2. The van der Waals surface area contributed by atoms with E-state index in [0.717, 1.165) is 17.2 Å². The van der Waals surface area contributed by atoms with E-state index in [1.807, 2.05) is 13.0 Å². The summed E-state index contributed by atoms with van der Waals surface area (Å²) in [5.74, 6) is -1.67. The standard InChI is InChI=1S/C19H12Cl2F3NO2/c1-9-3-5-12(10(2)7-9)15-16(21)18(27)25(17(15)26)11-4-6-14(20)13(8-11)19(22,23)24/h3-8H,1-2H3. The minimum absolute atomic E-state index is 0.0392. The van der Waals surface area contributed by atoms with Crippen molar-refractivity contribution < 1.29 is 22.8 Å². The van der Waals surface area contributed by atoms with Crippen LogP contribution in [0.3, 0.4) is 0 Å². The molecule has 1 heterocycles. The Balaban J connectivity index is 2.09. The van der Waals surface area contributed by atoms with Crippen molar-refractivity contribution in [2.24, 2.45) is 0 Å². The lowest BCUT2D eigenvalue weighted by molar-refractivity contribution is -0.137. The summed E-state index contributed by atoms with van der Waals surface area (Å²) in [6.07, 6.45) is -4.73. The third-order valence-corrected chi connectivity index (χ3v) is 4.87. The van der Waals surface area contributed by atoms with E-state index in [1.165, 1.54) is 6.07 Å². The zero-order chi connectivity index (χ0) is 20.1. The molecule has 0 N–H and O–H groups in total. The predicted molar refractivity (Wildman–Crippen MR) is 97.6 cm³/mol. The fourth-order valence-electron chi connectivity index (χ4n) is 2.93. The van der Waals surface area contributed by atoms with Crippen molar-refractivity contribution in [3.8, 4) is 0 Å². The molecule has 1 aliphatic heterocycles. The Morgan fingerprint density at radius 2 is 1.59 bits per heavy atom. The fraction of sp³-hybridized carbons (Fsp3) is 0.158. The maximum absolute atomic E-state index is 13.1. The van der Waals surface area contributed by atoms with Gasteiger partial charge in [0.1, 0.15) is 5.03 Å². The molecule has 3 rings (SSSR count). The third-order valence-electron chi connectivity index (χ3n) is 4.19. The van der Waals surface area contributed by atoms with Crippen molar-refractivity contribution >= 4 is 46.3 Å². The summed E-state index contributed by atoms with van der Waals surface area (Å²) in [5.41, 5.74) is 0.699. The van der Waals surface area contributed by atoms with Gasteiger partial charge >= 0.3 is 6.18 Å². The number of carbonyl (C=O) groups excluding carboxylic acids is 2. The van der Waals surface area contributed by atoms with Gasteiger partial charge in [0.15, 0.2) is 0 Å². The summed E-state index contributed by atoms with van der Waals surface area (Å²) in [6.45, 7) is 3.62. The predicted octanol–water partition coefficient (Wildman–Crippen LogP) is 5.50. The number of alkyl halides is 3. The van der Waals surface area contributed by atoms with Gasteiger partial charge in [-0.3, -0.25) is 9.59 Å². The number of nitrogens with zero attached hydrogens (tertiary/aromatic N) is 1. The molecule has 0 atom stereocenters. The minimum Gasteiger partial charge on any atom is -0.268 e. The van der Waals surface area contributed by atoms with E-state index in [0.29, 0.717) is 16.5 Å². The second kappa shape index (κ2) is 6.69. The summed E-state index contributed by atoms with van der Waals surface area (Å²) in [6, 6.07) is 8.04. The van der Waals surface area contributed by atoms with Crippen molar-refractivity contribution in [1.82, 2.24) is 0 Å².